The van der Waals surface area contributed by atoms with E-state index in [1.54, 1.807) is 6.92 Å². The van der Waals surface area contributed by atoms with Gasteiger partial charge >= 0.3 is 0 Å². The van der Waals surface area contributed by atoms with Crippen LogP contribution in [0.4, 0.5) is 0 Å². The summed E-state index contributed by atoms with van der Waals surface area (Å²) in [5.41, 5.74) is 0. The minimum Gasteiger partial charge on any atom is -0.302 e. The normalized spacial score (nSPS) is 11.1. The zero-order valence-corrected chi connectivity index (χ0v) is 7.85. The van der Waals surface area contributed by atoms with E-state index in [-0.39, 0.29) is 5.78 Å². The molecule has 0 aromatic carbocycles. The second kappa shape index (κ2) is 5.27. The average Bonchev–Trinajstić information content (AvgIpc) is 1.82. The van der Waals surface area contributed by atoms with Gasteiger partial charge in [0.25, 0.3) is 0 Å². The van der Waals surface area contributed by atoms with Crippen molar-refractivity contribution in [1.82, 2.24) is 10.2 Å². The Morgan fingerprint density at radius 3 is 2.45 bits per heavy atom. The summed E-state index contributed by atoms with van der Waals surface area (Å²) in [6.45, 7) is 7.08. The highest BCUT2D eigenvalue weighted by molar-refractivity contribution is 5.77. The molecule has 3 heteroatoms. The molecule has 0 radical (unpaired) electrons. The standard InChI is InChI=1S/C8H18N2O/c1-7(2)9-6-10(4)5-8(3)11/h7,9H,5-6H2,1-4H3. The number of Topliss-reactive ketones (excluding diaryl/α,β-unsaturated/α-hetero) is 1. The highest BCUT2D eigenvalue weighted by Crippen LogP contribution is 1.82. The Labute approximate surface area is 68.8 Å². The van der Waals surface area contributed by atoms with Crippen molar-refractivity contribution in [2.24, 2.45) is 0 Å². The van der Waals surface area contributed by atoms with Crippen LogP contribution in [-0.2, 0) is 4.79 Å². The Bertz CT molecular complexity index is 123. The fraction of sp³-hybridized carbons (Fsp3) is 0.875. The lowest BCUT2D eigenvalue weighted by atomic mass is 10.4. The molecule has 0 amide bonds. The number of carbonyl (C=O) groups is 1. The van der Waals surface area contributed by atoms with Gasteiger partial charge < -0.3 is 5.32 Å². The number of likely N-dealkylation sites (N-methyl/N-ethyl adjacent to an activating group) is 1. The third-order valence-corrected chi connectivity index (χ3v) is 1.26. The van der Waals surface area contributed by atoms with Crippen LogP contribution in [0, 0.1) is 0 Å². The molecule has 0 atom stereocenters. The summed E-state index contributed by atoms with van der Waals surface area (Å²) in [5, 5.41) is 3.22. The first kappa shape index (κ1) is 10.6. The van der Waals surface area contributed by atoms with E-state index in [9.17, 15) is 4.79 Å². The van der Waals surface area contributed by atoms with Crippen molar-refractivity contribution >= 4 is 5.78 Å². The zero-order chi connectivity index (χ0) is 8.85. The fourth-order valence-corrected chi connectivity index (χ4v) is 0.774. The Morgan fingerprint density at radius 2 is 2.09 bits per heavy atom. The summed E-state index contributed by atoms with van der Waals surface area (Å²) in [5.74, 6) is 0.207. The predicted molar refractivity (Wildman–Crippen MR) is 46.4 cm³/mol. The van der Waals surface area contributed by atoms with Crippen molar-refractivity contribution in [3.8, 4) is 0 Å². The molecule has 1 N–H and O–H groups in total. The topological polar surface area (TPSA) is 32.3 Å². The third kappa shape index (κ3) is 7.49. The Morgan fingerprint density at radius 1 is 1.55 bits per heavy atom. The molecule has 0 aromatic rings. The molecule has 66 valence electrons. The minimum absolute atomic E-state index is 0.207. The summed E-state index contributed by atoms with van der Waals surface area (Å²) >= 11 is 0. The van der Waals surface area contributed by atoms with Gasteiger partial charge in [0.1, 0.15) is 5.78 Å². The van der Waals surface area contributed by atoms with Gasteiger partial charge in [-0.2, -0.15) is 0 Å². The summed E-state index contributed by atoms with van der Waals surface area (Å²) in [6.07, 6.45) is 0. The maximum Gasteiger partial charge on any atom is 0.143 e. The highest BCUT2D eigenvalue weighted by Gasteiger charge is 2.00. The highest BCUT2D eigenvalue weighted by atomic mass is 16.1. The van der Waals surface area contributed by atoms with Crippen molar-refractivity contribution in [3.63, 3.8) is 0 Å². The van der Waals surface area contributed by atoms with E-state index in [0.29, 0.717) is 12.6 Å². The summed E-state index contributed by atoms with van der Waals surface area (Å²) in [4.78, 5) is 12.6. The van der Waals surface area contributed by atoms with E-state index in [1.807, 2.05) is 11.9 Å². The second-order valence-corrected chi connectivity index (χ2v) is 3.23. The van der Waals surface area contributed by atoms with Gasteiger partial charge in [0.15, 0.2) is 0 Å². The van der Waals surface area contributed by atoms with Gasteiger partial charge in [-0.3, -0.25) is 9.69 Å². The predicted octanol–water partition coefficient (Wildman–Crippen LogP) is 0.463. The first-order chi connectivity index (χ1) is 5.02. The van der Waals surface area contributed by atoms with Gasteiger partial charge in [0.2, 0.25) is 0 Å². The molecule has 0 unspecified atom stereocenters. The van der Waals surface area contributed by atoms with Crippen LogP contribution in [0.1, 0.15) is 20.8 Å². The van der Waals surface area contributed by atoms with Crippen LogP contribution in [0.5, 0.6) is 0 Å². The molecular weight excluding hydrogens is 140 g/mol. The molecule has 0 saturated heterocycles. The Balaban J connectivity index is 3.37. The summed E-state index contributed by atoms with van der Waals surface area (Å²) < 4.78 is 0. The van der Waals surface area contributed by atoms with Crippen LogP contribution in [0.15, 0.2) is 0 Å². The van der Waals surface area contributed by atoms with Gasteiger partial charge in [-0.05, 0) is 27.8 Å². The van der Waals surface area contributed by atoms with Crippen LogP contribution in [0.3, 0.4) is 0 Å². The SMILES string of the molecule is CC(=O)CN(C)CNC(C)C. The molecule has 0 aliphatic rings. The van der Waals surface area contributed by atoms with Gasteiger partial charge in [0.05, 0.1) is 6.54 Å². The van der Waals surface area contributed by atoms with Crippen molar-refractivity contribution in [1.29, 1.82) is 0 Å². The Hall–Kier alpha value is -0.410. The molecule has 0 bridgehead atoms. The number of hydrogen-bond donors (Lipinski definition) is 1. The maximum atomic E-state index is 10.6. The fourth-order valence-electron chi connectivity index (χ4n) is 0.774. The van der Waals surface area contributed by atoms with Crippen LogP contribution in [0.25, 0.3) is 0 Å². The summed E-state index contributed by atoms with van der Waals surface area (Å²) in [7, 11) is 1.93. The molecule has 11 heavy (non-hydrogen) atoms. The van der Waals surface area contributed by atoms with E-state index in [1.165, 1.54) is 0 Å². The molecule has 0 aliphatic heterocycles. The number of hydrogen-bond acceptors (Lipinski definition) is 3. The summed E-state index contributed by atoms with van der Waals surface area (Å²) in [6, 6.07) is 0.476. The van der Waals surface area contributed by atoms with Gasteiger partial charge in [-0.15, -0.1) is 0 Å². The lowest BCUT2D eigenvalue weighted by molar-refractivity contribution is -0.117. The molecule has 0 saturated carbocycles. The molecule has 3 nitrogen and oxygen atoms in total. The van der Waals surface area contributed by atoms with E-state index >= 15 is 0 Å². The van der Waals surface area contributed by atoms with Crippen molar-refractivity contribution in [2.45, 2.75) is 26.8 Å². The van der Waals surface area contributed by atoms with Gasteiger partial charge in [-0.1, -0.05) is 0 Å². The van der Waals surface area contributed by atoms with Crippen LogP contribution in [-0.4, -0.2) is 37.0 Å². The van der Waals surface area contributed by atoms with E-state index < -0.39 is 0 Å². The first-order valence-electron chi connectivity index (χ1n) is 3.93. The van der Waals surface area contributed by atoms with Crippen molar-refractivity contribution in [2.75, 3.05) is 20.3 Å². The second-order valence-electron chi connectivity index (χ2n) is 3.23. The lowest BCUT2D eigenvalue weighted by Gasteiger charge is -2.17. The Kier molecular flexibility index (Phi) is 5.07. The lowest BCUT2D eigenvalue weighted by Crippen LogP contribution is -2.37. The molecule has 0 rings (SSSR count). The van der Waals surface area contributed by atoms with E-state index in [4.69, 9.17) is 0 Å². The van der Waals surface area contributed by atoms with Gasteiger partial charge in [-0.25, -0.2) is 0 Å². The average molecular weight is 158 g/mol. The molecular formula is C8H18N2O. The maximum absolute atomic E-state index is 10.6. The van der Waals surface area contributed by atoms with E-state index in [0.717, 1.165) is 6.67 Å². The van der Waals surface area contributed by atoms with Gasteiger partial charge in [0, 0.05) is 12.7 Å². The number of nitrogens with zero attached hydrogens (tertiary/aromatic N) is 1. The molecule has 0 fully saturated rings. The molecule has 0 aliphatic carbocycles. The monoisotopic (exact) mass is 158 g/mol. The molecule has 0 heterocycles. The first-order valence-corrected chi connectivity index (χ1v) is 3.93. The molecule has 0 aromatic heterocycles. The third-order valence-electron chi connectivity index (χ3n) is 1.26. The van der Waals surface area contributed by atoms with E-state index in [2.05, 4.69) is 19.2 Å². The quantitative estimate of drug-likeness (QED) is 0.590. The molecule has 0 spiro atoms. The van der Waals surface area contributed by atoms with Crippen LogP contribution >= 0.6 is 0 Å². The number of rotatable bonds is 5. The van der Waals surface area contributed by atoms with Crippen molar-refractivity contribution in [3.05, 3.63) is 0 Å². The number of carbonyl (C=O) groups excluding carboxylic acids is 1. The number of ketones is 1. The van der Waals surface area contributed by atoms with Crippen LogP contribution < -0.4 is 5.32 Å². The smallest absolute Gasteiger partial charge is 0.143 e. The number of nitrogens with one attached hydrogen (secondary N) is 1. The van der Waals surface area contributed by atoms with Crippen LogP contribution in [0.2, 0.25) is 0 Å². The van der Waals surface area contributed by atoms with Crippen molar-refractivity contribution < 1.29 is 4.79 Å². The minimum atomic E-state index is 0.207. The largest absolute Gasteiger partial charge is 0.302 e. The zero-order valence-electron chi connectivity index (χ0n) is 7.85.